The third-order valence-corrected chi connectivity index (χ3v) is 4.18. The molecule has 0 aliphatic rings. The smallest absolute Gasteiger partial charge is 0.390 e. The van der Waals surface area contributed by atoms with E-state index in [1.54, 1.807) is 0 Å². The lowest BCUT2D eigenvalue weighted by Gasteiger charge is -2.17. The number of rotatable bonds is 5. The fraction of sp³-hybridized carbons (Fsp3) is 0.455. The van der Waals surface area contributed by atoms with Crippen LogP contribution in [0.1, 0.15) is 11.1 Å². The van der Waals surface area contributed by atoms with Crippen molar-refractivity contribution in [3.63, 3.8) is 0 Å². The fourth-order valence-electron chi connectivity index (χ4n) is 1.55. The summed E-state index contributed by atoms with van der Waals surface area (Å²) in [5, 5.41) is 8.33. The van der Waals surface area contributed by atoms with E-state index in [0.717, 1.165) is 19.1 Å². The molecule has 0 aliphatic carbocycles. The zero-order chi connectivity index (χ0) is 16.5. The Bertz CT molecular complexity index is 613. The molecule has 0 unspecified atom stereocenters. The summed E-state index contributed by atoms with van der Waals surface area (Å²) in [7, 11) is -4.56. The maximum atomic E-state index is 12.8. The Balaban J connectivity index is 3.16. The van der Waals surface area contributed by atoms with Gasteiger partial charge in [0.1, 0.15) is 6.61 Å². The van der Waals surface area contributed by atoms with Gasteiger partial charge >= 0.3 is 6.18 Å². The van der Waals surface area contributed by atoms with Crippen LogP contribution in [0.2, 0.25) is 0 Å². The minimum atomic E-state index is -4.76. The van der Waals surface area contributed by atoms with Crippen molar-refractivity contribution in [2.45, 2.75) is 23.9 Å². The molecular formula is C11H12F5NO3S. The molecule has 1 rings (SSSR count). The number of aliphatic hydroxyl groups is 1. The van der Waals surface area contributed by atoms with Gasteiger partial charge in [-0.15, -0.1) is 0 Å². The number of alkyl halides is 5. The molecule has 0 radical (unpaired) electrons. The van der Waals surface area contributed by atoms with Gasteiger partial charge in [0.15, 0.2) is 0 Å². The highest BCUT2D eigenvalue weighted by atomic mass is 32.2. The summed E-state index contributed by atoms with van der Waals surface area (Å²) in [6, 6.07) is 2.44. The zero-order valence-electron chi connectivity index (χ0n) is 10.7. The molecule has 0 aromatic heterocycles. The summed E-state index contributed by atoms with van der Waals surface area (Å²) in [5.41, 5.74) is -1.76. The summed E-state index contributed by atoms with van der Waals surface area (Å²) in [5.74, 6) is -3.71. The van der Waals surface area contributed by atoms with E-state index in [9.17, 15) is 30.4 Å². The molecular weight excluding hydrogens is 321 g/mol. The summed E-state index contributed by atoms with van der Waals surface area (Å²) >= 11 is 0. The Morgan fingerprint density at radius 2 is 1.76 bits per heavy atom. The molecule has 0 atom stereocenters. The van der Waals surface area contributed by atoms with Gasteiger partial charge in [-0.25, -0.2) is 21.9 Å². The van der Waals surface area contributed by atoms with E-state index in [1.165, 1.54) is 4.72 Å². The Labute approximate surface area is 117 Å². The van der Waals surface area contributed by atoms with Gasteiger partial charge in [-0.1, -0.05) is 6.07 Å². The molecule has 120 valence electrons. The molecule has 0 saturated heterocycles. The summed E-state index contributed by atoms with van der Waals surface area (Å²) in [6.45, 7) is -2.07. The van der Waals surface area contributed by atoms with E-state index < -0.39 is 51.3 Å². The third kappa shape index (κ3) is 4.35. The average Bonchev–Trinajstić information content (AvgIpc) is 2.35. The molecule has 0 heterocycles. The lowest BCUT2D eigenvalue weighted by atomic mass is 10.1. The first-order chi connectivity index (χ1) is 9.41. The topological polar surface area (TPSA) is 66.4 Å². The quantitative estimate of drug-likeness (QED) is 0.809. The molecule has 4 nitrogen and oxygen atoms in total. The van der Waals surface area contributed by atoms with Crippen molar-refractivity contribution in [3.8, 4) is 0 Å². The molecule has 0 saturated carbocycles. The highest BCUT2D eigenvalue weighted by Crippen LogP contribution is 2.34. The number of hydrogen-bond donors (Lipinski definition) is 2. The van der Waals surface area contributed by atoms with Crippen LogP contribution in [0.25, 0.3) is 0 Å². The van der Waals surface area contributed by atoms with E-state index in [1.807, 2.05) is 0 Å². The highest BCUT2D eigenvalue weighted by molar-refractivity contribution is 7.89. The minimum Gasteiger partial charge on any atom is -0.390 e. The van der Waals surface area contributed by atoms with E-state index in [-0.39, 0.29) is 0 Å². The Morgan fingerprint density at radius 3 is 2.24 bits per heavy atom. The number of hydrogen-bond acceptors (Lipinski definition) is 3. The summed E-state index contributed by atoms with van der Waals surface area (Å²) in [6.07, 6.45) is -4.76. The SMILES string of the molecule is Cc1c(C(F)(F)F)cccc1S(=O)(=O)NCC(F)(F)CO. The Morgan fingerprint density at radius 1 is 1.19 bits per heavy atom. The minimum absolute atomic E-state index is 0.593. The molecule has 0 aliphatic heterocycles. The van der Waals surface area contributed by atoms with Crippen LogP contribution in [-0.4, -0.2) is 32.6 Å². The van der Waals surface area contributed by atoms with Gasteiger partial charge in [0.2, 0.25) is 10.0 Å². The normalized spacial score (nSPS) is 13.5. The third-order valence-electron chi connectivity index (χ3n) is 2.63. The highest BCUT2D eigenvalue weighted by Gasteiger charge is 2.35. The molecule has 1 aromatic carbocycles. The van der Waals surface area contributed by atoms with E-state index in [0.29, 0.717) is 6.07 Å². The lowest BCUT2D eigenvalue weighted by Crippen LogP contribution is -2.39. The second-order valence-corrected chi connectivity index (χ2v) is 6.00. The maximum Gasteiger partial charge on any atom is 0.416 e. The van der Waals surface area contributed by atoms with Crippen molar-refractivity contribution in [1.82, 2.24) is 4.72 Å². The lowest BCUT2D eigenvalue weighted by molar-refractivity contribution is -0.138. The van der Waals surface area contributed by atoms with Gasteiger partial charge in [0.05, 0.1) is 17.0 Å². The first-order valence-corrected chi connectivity index (χ1v) is 7.04. The van der Waals surface area contributed by atoms with Crippen LogP contribution in [0, 0.1) is 6.92 Å². The average molecular weight is 333 g/mol. The van der Waals surface area contributed by atoms with Gasteiger partial charge in [-0.2, -0.15) is 13.2 Å². The van der Waals surface area contributed by atoms with Gasteiger partial charge < -0.3 is 5.11 Å². The summed E-state index contributed by atoms with van der Waals surface area (Å²) in [4.78, 5) is -0.744. The van der Waals surface area contributed by atoms with Crippen LogP contribution in [-0.2, 0) is 16.2 Å². The van der Waals surface area contributed by atoms with E-state index >= 15 is 0 Å². The van der Waals surface area contributed by atoms with E-state index in [2.05, 4.69) is 0 Å². The van der Waals surface area contributed by atoms with Gasteiger partial charge in [0.25, 0.3) is 5.92 Å². The first-order valence-electron chi connectivity index (χ1n) is 5.56. The van der Waals surface area contributed by atoms with Crippen molar-refractivity contribution in [2.24, 2.45) is 0 Å². The Kier molecular flexibility index (Phi) is 4.96. The number of nitrogens with one attached hydrogen (secondary N) is 1. The Hall–Kier alpha value is -1.26. The van der Waals surface area contributed by atoms with Crippen molar-refractivity contribution >= 4 is 10.0 Å². The van der Waals surface area contributed by atoms with Crippen molar-refractivity contribution in [3.05, 3.63) is 29.3 Å². The molecule has 2 N–H and O–H groups in total. The van der Waals surface area contributed by atoms with Gasteiger partial charge in [0, 0.05) is 0 Å². The number of halogens is 5. The van der Waals surface area contributed by atoms with Gasteiger partial charge in [-0.05, 0) is 24.6 Å². The predicted molar refractivity (Wildman–Crippen MR) is 63.4 cm³/mol. The molecule has 0 bridgehead atoms. The van der Waals surface area contributed by atoms with Crippen LogP contribution in [0.4, 0.5) is 22.0 Å². The summed E-state index contributed by atoms with van der Waals surface area (Å²) < 4.78 is 88.7. The number of benzene rings is 1. The van der Waals surface area contributed by atoms with Crippen molar-refractivity contribution in [1.29, 1.82) is 0 Å². The zero-order valence-corrected chi connectivity index (χ0v) is 11.5. The second-order valence-electron chi connectivity index (χ2n) is 4.27. The van der Waals surface area contributed by atoms with Crippen LogP contribution in [0.5, 0.6) is 0 Å². The monoisotopic (exact) mass is 333 g/mol. The fourth-order valence-corrected chi connectivity index (χ4v) is 2.87. The second kappa shape index (κ2) is 5.85. The molecule has 10 heteroatoms. The van der Waals surface area contributed by atoms with Crippen LogP contribution in [0.15, 0.2) is 23.1 Å². The number of aliphatic hydroxyl groups excluding tert-OH is 1. The van der Waals surface area contributed by atoms with Crippen LogP contribution < -0.4 is 4.72 Å². The van der Waals surface area contributed by atoms with Crippen molar-refractivity contribution < 1.29 is 35.5 Å². The molecule has 1 aromatic rings. The van der Waals surface area contributed by atoms with Crippen LogP contribution >= 0.6 is 0 Å². The molecule has 0 amide bonds. The first kappa shape index (κ1) is 17.8. The molecule has 0 spiro atoms. The number of sulfonamides is 1. The van der Waals surface area contributed by atoms with Crippen LogP contribution in [0.3, 0.4) is 0 Å². The predicted octanol–water partition coefficient (Wildman–Crippen LogP) is 1.92. The van der Waals surface area contributed by atoms with Gasteiger partial charge in [-0.3, -0.25) is 0 Å². The maximum absolute atomic E-state index is 12.8. The largest absolute Gasteiger partial charge is 0.416 e. The van der Waals surface area contributed by atoms with Crippen molar-refractivity contribution in [2.75, 3.05) is 13.2 Å². The van der Waals surface area contributed by atoms with E-state index in [4.69, 9.17) is 5.11 Å². The molecule has 21 heavy (non-hydrogen) atoms. The standard InChI is InChI=1S/C11H12F5NO3S/c1-7-8(11(14,15)16)3-2-4-9(7)21(19,20)17-5-10(12,13)6-18/h2-4,17-18H,5-6H2,1H3. The molecule has 0 fully saturated rings.